The molecule has 2 aliphatic heterocycles. The highest BCUT2D eigenvalue weighted by Crippen LogP contribution is 2.41. The number of carbonyl (C=O) groups is 3. The third-order valence-corrected chi connectivity index (χ3v) is 8.60. The predicted molar refractivity (Wildman–Crippen MR) is 167 cm³/mol. The summed E-state index contributed by atoms with van der Waals surface area (Å²) in [5, 5.41) is 2.30. The van der Waals surface area contributed by atoms with Crippen molar-refractivity contribution in [2.24, 2.45) is 0 Å². The van der Waals surface area contributed by atoms with Crippen molar-refractivity contribution in [1.82, 2.24) is 10.2 Å². The van der Waals surface area contributed by atoms with Crippen LogP contribution in [0.4, 0.5) is 0 Å². The standard InChI is InChI=1S/C35H30N2O6S/c38-29(22-42-28-19-11-4-12-20-28)36-30-33(39)37-31(26(23-44-34(30)37)21-41-27-17-9-3-10-18-27)35(40)43-32(24-13-5-1-6-14-24)25-15-7-2-8-16-25/h1-20,30,32,34H,21-23H2,(H,36,38)/t30?,34-/m1/s1. The van der Waals surface area contributed by atoms with Gasteiger partial charge in [-0.15, -0.1) is 11.8 Å². The zero-order valence-electron chi connectivity index (χ0n) is 23.7. The molecule has 2 amide bonds. The Bertz CT molecular complexity index is 1590. The zero-order valence-corrected chi connectivity index (χ0v) is 24.5. The van der Waals surface area contributed by atoms with E-state index in [-0.39, 0.29) is 18.9 Å². The van der Waals surface area contributed by atoms with E-state index in [4.69, 9.17) is 14.2 Å². The molecule has 1 saturated heterocycles. The molecule has 0 aromatic heterocycles. The molecule has 1 fully saturated rings. The minimum absolute atomic E-state index is 0.0984. The van der Waals surface area contributed by atoms with E-state index in [0.717, 1.165) is 11.1 Å². The molecule has 6 rings (SSSR count). The van der Waals surface area contributed by atoms with Crippen molar-refractivity contribution in [3.63, 3.8) is 0 Å². The number of esters is 1. The largest absolute Gasteiger partial charge is 0.489 e. The Hall–Kier alpha value is -5.02. The van der Waals surface area contributed by atoms with Gasteiger partial charge in [0.25, 0.3) is 11.8 Å². The second-order valence-corrected chi connectivity index (χ2v) is 11.3. The van der Waals surface area contributed by atoms with Crippen LogP contribution in [-0.4, -0.2) is 53.1 Å². The molecule has 8 nitrogen and oxygen atoms in total. The van der Waals surface area contributed by atoms with Crippen LogP contribution < -0.4 is 14.8 Å². The van der Waals surface area contributed by atoms with Gasteiger partial charge in [0.05, 0.1) is 0 Å². The first-order chi connectivity index (χ1) is 21.6. The number of para-hydroxylation sites is 2. The summed E-state index contributed by atoms with van der Waals surface area (Å²) in [6.07, 6.45) is -0.691. The predicted octanol–water partition coefficient (Wildman–Crippen LogP) is 5.13. The van der Waals surface area contributed by atoms with Gasteiger partial charge in [0, 0.05) is 11.3 Å². The Balaban J connectivity index is 1.23. The molecule has 0 spiro atoms. The molecule has 4 aromatic carbocycles. The summed E-state index contributed by atoms with van der Waals surface area (Å²) in [5.74, 6) is 0.163. The summed E-state index contributed by atoms with van der Waals surface area (Å²) in [5.41, 5.74) is 2.38. The maximum atomic E-state index is 14.1. The number of nitrogens with zero attached hydrogens (tertiary/aromatic N) is 1. The van der Waals surface area contributed by atoms with Crippen molar-refractivity contribution in [2.75, 3.05) is 19.0 Å². The number of hydrogen-bond acceptors (Lipinski definition) is 7. The molecule has 44 heavy (non-hydrogen) atoms. The molecular formula is C35H30N2O6S. The molecule has 222 valence electrons. The first kappa shape index (κ1) is 29.1. The Labute approximate surface area is 259 Å². The normalized spacial score (nSPS) is 17.4. The molecule has 9 heteroatoms. The SMILES string of the molecule is O=C(COc1ccccc1)NC1C(=O)N2C(C(=O)OC(c3ccccc3)c3ccccc3)=C(COc3ccccc3)CS[C@H]12. The molecule has 4 aromatic rings. The molecular weight excluding hydrogens is 576 g/mol. The number of thioether (sulfide) groups is 1. The van der Waals surface area contributed by atoms with Gasteiger partial charge in [-0.1, -0.05) is 97.1 Å². The Morgan fingerprint density at radius 1 is 0.773 bits per heavy atom. The van der Waals surface area contributed by atoms with Gasteiger partial charge in [0.15, 0.2) is 12.7 Å². The van der Waals surface area contributed by atoms with E-state index in [9.17, 15) is 14.4 Å². The highest BCUT2D eigenvalue weighted by molar-refractivity contribution is 8.00. The summed E-state index contributed by atoms with van der Waals surface area (Å²) in [6, 6.07) is 36.4. The number of amides is 2. The van der Waals surface area contributed by atoms with Crippen molar-refractivity contribution < 1.29 is 28.6 Å². The van der Waals surface area contributed by atoms with E-state index in [1.807, 2.05) is 109 Å². The van der Waals surface area contributed by atoms with E-state index >= 15 is 0 Å². The number of rotatable bonds is 11. The van der Waals surface area contributed by atoms with Crippen molar-refractivity contribution in [3.05, 3.63) is 144 Å². The fourth-order valence-electron chi connectivity index (χ4n) is 5.10. The van der Waals surface area contributed by atoms with Gasteiger partial charge >= 0.3 is 5.97 Å². The molecule has 0 bridgehead atoms. The number of benzene rings is 4. The zero-order chi connectivity index (χ0) is 30.3. The lowest BCUT2D eigenvalue weighted by Gasteiger charge is -2.49. The Kier molecular flexibility index (Phi) is 8.93. The summed E-state index contributed by atoms with van der Waals surface area (Å²) in [7, 11) is 0. The Morgan fingerprint density at radius 2 is 1.30 bits per heavy atom. The lowest BCUT2D eigenvalue weighted by atomic mass is 10.0. The average Bonchev–Trinajstić information content (AvgIpc) is 3.08. The van der Waals surface area contributed by atoms with E-state index in [2.05, 4.69) is 5.32 Å². The van der Waals surface area contributed by atoms with Gasteiger partial charge in [-0.3, -0.25) is 14.5 Å². The van der Waals surface area contributed by atoms with E-state index < -0.39 is 35.3 Å². The smallest absolute Gasteiger partial charge is 0.356 e. The topological polar surface area (TPSA) is 94.2 Å². The fraction of sp³-hybridized carbons (Fsp3) is 0.171. The highest BCUT2D eigenvalue weighted by Gasteiger charge is 2.54. The maximum absolute atomic E-state index is 14.1. The number of ether oxygens (including phenoxy) is 3. The number of carbonyl (C=O) groups excluding carboxylic acids is 3. The molecule has 1 unspecified atom stereocenters. The van der Waals surface area contributed by atoms with Crippen molar-refractivity contribution in [1.29, 1.82) is 0 Å². The lowest BCUT2D eigenvalue weighted by molar-refractivity contribution is -0.155. The van der Waals surface area contributed by atoms with Gasteiger partial charge < -0.3 is 19.5 Å². The number of hydrogen-bond donors (Lipinski definition) is 1. The third kappa shape index (κ3) is 6.48. The van der Waals surface area contributed by atoms with Gasteiger partial charge in [-0.05, 0) is 35.4 Å². The quantitative estimate of drug-likeness (QED) is 0.187. The summed E-state index contributed by atoms with van der Waals surface area (Å²) in [4.78, 5) is 41.7. The molecule has 2 aliphatic rings. The maximum Gasteiger partial charge on any atom is 0.356 e. The van der Waals surface area contributed by atoms with E-state index in [0.29, 0.717) is 22.8 Å². The third-order valence-electron chi connectivity index (χ3n) is 7.26. The van der Waals surface area contributed by atoms with Gasteiger partial charge in [0.2, 0.25) is 0 Å². The first-order valence-electron chi connectivity index (χ1n) is 14.2. The van der Waals surface area contributed by atoms with Crippen LogP contribution in [0.1, 0.15) is 17.2 Å². The van der Waals surface area contributed by atoms with Crippen molar-refractivity contribution in [2.45, 2.75) is 17.5 Å². The molecule has 0 radical (unpaired) electrons. The van der Waals surface area contributed by atoms with Crippen LogP contribution in [0.5, 0.6) is 11.5 Å². The van der Waals surface area contributed by atoms with Crippen molar-refractivity contribution >= 4 is 29.5 Å². The average molecular weight is 607 g/mol. The van der Waals surface area contributed by atoms with Gasteiger partial charge in [-0.25, -0.2) is 4.79 Å². The van der Waals surface area contributed by atoms with Crippen LogP contribution in [0.3, 0.4) is 0 Å². The van der Waals surface area contributed by atoms with Crippen LogP contribution in [0, 0.1) is 0 Å². The molecule has 0 saturated carbocycles. The van der Waals surface area contributed by atoms with Gasteiger partial charge in [-0.2, -0.15) is 0 Å². The molecule has 2 atom stereocenters. The van der Waals surface area contributed by atoms with E-state index in [1.165, 1.54) is 16.7 Å². The summed E-state index contributed by atoms with van der Waals surface area (Å²) >= 11 is 1.46. The molecule has 2 heterocycles. The van der Waals surface area contributed by atoms with Crippen LogP contribution in [0.25, 0.3) is 0 Å². The molecule has 1 N–H and O–H groups in total. The first-order valence-corrected chi connectivity index (χ1v) is 15.3. The van der Waals surface area contributed by atoms with Crippen LogP contribution in [0.2, 0.25) is 0 Å². The fourth-order valence-corrected chi connectivity index (χ4v) is 6.42. The minimum Gasteiger partial charge on any atom is -0.489 e. The second kappa shape index (κ2) is 13.5. The van der Waals surface area contributed by atoms with Crippen LogP contribution >= 0.6 is 11.8 Å². The highest BCUT2D eigenvalue weighted by atomic mass is 32.2. The number of nitrogens with one attached hydrogen (secondary N) is 1. The van der Waals surface area contributed by atoms with E-state index in [1.54, 1.807) is 12.1 Å². The number of fused-ring (bicyclic) bond motifs is 1. The second-order valence-electron chi connectivity index (χ2n) is 10.2. The Morgan fingerprint density at radius 3 is 1.86 bits per heavy atom. The molecule has 0 aliphatic carbocycles. The van der Waals surface area contributed by atoms with Crippen molar-refractivity contribution in [3.8, 4) is 11.5 Å². The lowest BCUT2D eigenvalue weighted by Crippen LogP contribution is -2.71. The van der Waals surface area contributed by atoms with Gasteiger partial charge in [0.1, 0.15) is 35.2 Å². The summed E-state index contributed by atoms with van der Waals surface area (Å²) < 4.78 is 17.7. The van der Waals surface area contributed by atoms with Crippen LogP contribution in [-0.2, 0) is 19.1 Å². The monoisotopic (exact) mass is 606 g/mol. The summed E-state index contributed by atoms with van der Waals surface area (Å²) in [6.45, 7) is -0.136. The van der Waals surface area contributed by atoms with Crippen LogP contribution in [0.15, 0.2) is 133 Å². The minimum atomic E-state index is -0.801. The number of β-lactam (4-membered cyclic amide) rings is 1.